The van der Waals surface area contributed by atoms with E-state index in [1.807, 2.05) is 27.7 Å². The summed E-state index contributed by atoms with van der Waals surface area (Å²) in [6, 6.07) is 0. The summed E-state index contributed by atoms with van der Waals surface area (Å²) in [7, 11) is 0. The number of aliphatic hydroxyl groups is 1. The van der Waals surface area contributed by atoms with Crippen molar-refractivity contribution < 1.29 is 9.84 Å². The molecule has 0 aromatic heterocycles. The average molecular weight is 146 g/mol. The monoisotopic (exact) mass is 146 g/mol. The van der Waals surface area contributed by atoms with E-state index in [1.54, 1.807) is 0 Å². The van der Waals surface area contributed by atoms with Crippen molar-refractivity contribution in [1.29, 1.82) is 0 Å². The lowest BCUT2D eigenvalue weighted by atomic mass is 10.1. The molecule has 0 aliphatic carbocycles. The highest BCUT2D eigenvalue weighted by Crippen LogP contribution is 2.08. The van der Waals surface area contributed by atoms with Crippen LogP contribution in [-0.2, 0) is 4.74 Å². The normalized spacial score (nSPS) is 15.3. The molecule has 2 heteroatoms. The Morgan fingerprint density at radius 2 is 1.90 bits per heavy atom. The van der Waals surface area contributed by atoms with E-state index in [9.17, 15) is 0 Å². The Hall–Kier alpha value is -0.0800. The van der Waals surface area contributed by atoms with Gasteiger partial charge in [-0.1, -0.05) is 6.92 Å². The Morgan fingerprint density at radius 1 is 1.40 bits per heavy atom. The lowest BCUT2D eigenvalue weighted by Gasteiger charge is -2.21. The molecule has 0 aliphatic rings. The van der Waals surface area contributed by atoms with E-state index in [-0.39, 0.29) is 18.1 Å². The van der Waals surface area contributed by atoms with Crippen LogP contribution < -0.4 is 0 Å². The minimum absolute atomic E-state index is 0.0799. The van der Waals surface area contributed by atoms with Gasteiger partial charge in [0.2, 0.25) is 0 Å². The van der Waals surface area contributed by atoms with E-state index in [1.165, 1.54) is 0 Å². The van der Waals surface area contributed by atoms with Crippen molar-refractivity contribution in [1.82, 2.24) is 0 Å². The van der Waals surface area contributed by atoms with Gasteiger partial charge in [0, 0.05) is 12.5 Å². The number of hydrogen-bond donors (Lipinski definition) is 1. The van der Waals surface area contributed by atoms with Crippen molar-refractivity contribution in [3.8, 4) is 0 Å². The number of ether oxygens (including phenoxy) is 1. The summed E-state index contributed by atoms with van der Waals surface area (Å²) < 4.78 is 5.42. The summed E-state index contributed by atoms with van der Waals surface area (Å²) in [6.45, 7) is 8.84. The van der Waals surface area contributed by atoms with Gasteiger partial charge in [-0.15, -0.1) is 0 Å². The van der Waals surface area contributed by atoms with Crippen molar-refractivity contribution in [3.05, 3.63) is 0 Å². The molecule has 1 atom stereocenters. The van der Waals surface area contributed by atoms with E-state index >= 15 is 0 Å². The van der Waals surface area contributed by atoms with Crippen LogP contribution in [0.15, 0.2) is 0 Å². The van der Waals surface area contributed by atoms with Gasteiger partial charge in [-0.3, -0.25) is 0 Å². The van der Waals surface area contributed by atoms with Crippen LogP contribution in [-0.4, -0.2) is 23.9 Å². The highest BCUT2D eigenvalue weighted by atomic mass is 16.5. The van der Waals surface area contributed by atoms with Gasteiger partial charge in [0.05, 0.1) is 12.2 Å². The van der Waals surface area contributed by atoms with Gasteiger partial charge < -0.3 is 9.84 Å². The van der Waals surface area contributed by atoms with Gasteiger partial charge in [0.1, 0.15) is 0 Å². The molecule has 0 rings (SSSR count). The van der Waals surface area contributed by atoms with E-state index in [0.717, 1.165) is 0 Å². The lowest BCUT2D eigenvalue weighted by Crippen LogP contribution is -2.23. The second kappa shape index (κ2) is 3.94. The molecular weight excluding hydrogens is 128 g/mol. The van der Waals surface area contributed by atoms with Crippen molar-refractivity contribution in [2.24, 2.45) is 5.92 Å². The van der Waals surface area contributed by atoms with Crippen LogP contribution >= 0.6 is 0 Å². The van der Waals surface area contributed by atoms with Crippen LogP contribution in [0.1, 0.15) is 27.7 Å². The second-order valence-electron chi connectivity index (χ2n) is 3.71. The van der Waals surface area contributed by atoms with E-state index in [2.05, 4.69) is 0 Å². The molecule has 2 nitrogen and oxygen atoms in total. The third kappa shape index (κ3) is 6.05. The molecule has 10 heavy (non-hydrogen) atoms. The maximum Gasteiger partial charge on any atom is 0.0598 e. The van der Waals surface area contributed by atoms with Gasteiger partial charge in [0.25, 0.3) is 0 Å². The summed E-state index contributed by atoms with van der Waals surface area (Å²) in [4.78, 5) is 0. The predicted molar refractivity (Wildman–Crippen MR) is 42.0 cm³/mol. The molecule has 0 fully saturated rings. The SMILES string of the molecule is C[C@H](CO)COC(C)(C)C. The van der Waals surface area contributed by atoms with Crippen LogP contribution in [0.2, 0.25) is 0 Å². The maximum atomic E-state index is 8.65. The molecule has 0 saturated heterocycles. The number of rotatable bonds is 3. The van der Waals surface area contributed by atoms with Crippen molar-refractivity contribution in [2.45, 2.75) is 33.3 Å². The Balaban J connectivity index is 3.36. The molecular formula is C8H18O2. The maximum absolute atomic E-state index is 8.65. The van der Waals surface area contributed by atoms with Crippen LogP contribution in [0.3, 0.4) is 0 Å². The Bertz CT molecular complexity index is 83.7. The zero-order valence-corrected chi connectivity index (χ0v) is 7.35. The van der Waals surface area contributed by atoms with Crippen molar-refractivity contribution >= 4 is 0 Å². The molecule has 62 valence electrons. The molecule has 0 aromatic rings. The zero-order valence-electron chi connectivity index (χ0n) is 7.35. The quantitative estimate of drug-likeness (QED) is 0.652. The molecule has 0 unspecified atom stereocenters. The van der Waals surface area contributed by atoms with Gasteiger partial charge >= 0.3 is 0 Å². The Labute approximate surface area is 63.2 Å². The lowest BCUT2D eigenvalue weighted by molar-refractivity contribution is -0.0274. The summed E-state index contributed by atoms with van der Waals surface area (Å²) in [5.74, 6) is 0.249. The molecule has 0 aliphatic heterocycles. The third-order valence-electron chi connectivity index (χ3n) is 1.11. The third-order valence-corrected chi connectivity index (χ3v) is 1.11. The standard InChI is InChI=1S/C8H18O2/c1-7(5-9)6-10-8(2,3)4/h7,9H,5-6H2,1-4H3/t7-/m1/s1. The largest absolute Gasteiger partial charge is 0.396 e. The molecule has 0 bridgehead atoms. The average Bonchev–Trinajstić information content (AvgIpc) is 1.81. The van der Waals surface area contributed by atoms with Crippen LogP contribution in [0, 0.1) is 5.92 Å². The fraction of sp³-hybridized carbons (Fsp3) is 1.00. The fourth-order valence-electron chi connectivity index (χ4n) is 0.445. The number of hydrogen-bond acceptors (Lipinski definition) is 2. The minimum atomic E-state index is -0.0799. The van der Waals surface area contributed by atoms with E-state index in [4.69, 9.17) is 9.84 Å². The van der Waals surface area contributed by atoms with Crippen molar-refractivity contribution in [3.63, 3.8) is 0 Å². The second-order valence-corrected chi connectivity index (χ2v) is 3.71. The molecule has 0 spiro atoms. The molecule has 1 N–H and O–H groups in total. The van der Waals surface area contributed by atoms with Gasteiger partial charge in [0.15, 0.2) is 0 Å². The highest BCUT2D eigenvalue weighted by Gasteiger charge is 2.11. The minimum Gasteiger partial charge on any atom is -0.396 e. The summed E-state index contributed by atoms with van der Waals surface area (Å²) in [6.07, 6.45) is 0. The van der Waals surface area contributed by atoms with Gasteiger partial charge in [-0.05, 0) is 20.8 Å². The van der Waals surface area contributed by atoms with E-state index < -0.39 is 0 Å². The molecule has 0 radical (unpaired) electrons. The Morgan fingerprint density at radius 3 is 2.20 bits per heavy atom. The first kappa shape index (κ1) is 9.92. The predicted octanol–water partition coefficient (Wildman–Crippen LogP) is 1.43. The smallest absolute Gasteiger partial charge is 0.0598 e. The Kier molecular flexibility index (Phi) is 3.91. The van der Waals surface area contributed by atoms with Crippen LogP contribution in [0.5, 0.6) is 0 Å². The first-order valence-electron chi connectivity index (χ1n) is 3.70. The molecule has 0 heterocycles. The summed E-state index contributed by atoms with van der Waals surface area (Å²) in [5.41, 5.74) is -0.0799. The molecule has 0 saturated carbocycles. The summed E-state index contributed by atoms with van der Waals surface area (Å²) in [5, 5.41) is 8.65. The van der Waals surface area contributed by atoms with Gasteiger partial charge in [-0.25, -0.2) is 0 Å². The van der Waals surface area contributed by atoms with Crippen LogP contribution in [0.4, 0.5) is 0 Å². The fourth-order valence-corrected chi connectivity index (χ4v) is 0.445. The first-order valence-corrected chi connectivity index (χ1v) is 3.70. The first-order chi connectivity index (χ1) is 4.45. The summed E-state index contributed by atoms with van der Waals surface area (Å²) >= 11 is 0. The van der Waals surface area contributed by atoms with E-state index in [0.29, 0.717) is 6.61 Å². The number of aliphatic hydroxyl groups excluding tert-OH is 1. The molecule has 0 amide bonds. The molecule has 0 aromatic carbocycles. The van der Waals surface area contributed by atoms with Crippen LogP contribution in [0.25, 0.3) is 0 Å². The van der Waals surface area contributed by atoms with Gasteiger partial charge in [-0.2, -0.15) is 0 Å². The highest BCUT2D eigenvalue weighted by molar-refractivity contribution is 4.60. The van der Waals surface area contributed by atoms with Crippen molar-refractivity contribution in [2.75, 3.05) is 13.2 Å². The topological polar surface area (TPSA) is 29.5 Å². The zero-order chi connectivity index (χ0) is 8.20.